The Morgan fingerprint density at radius 3 is 2.70 bits per heavy atom. The maximum atomic E-state index is 12.4. The van der Waals surface area contributed by atoms with Crippen molar-refractivity contribution < 1.29 is 14.7 Å². The smallest absolute Gasteiger partial charge is 0.317 e. The zero-order chi connectivity index (χ0) is 19.4. The molecule has 2 fully saturated rings. The number of carbonyl (C=O) groups is 2. The third kappa shape index (κ3) is 4.84. The van der Waals surface area contributed by atoms with Crippen molar-refractivity contribution >= 4 is 29.2 Å². The molecular formula is C19H27ClN4O3. The van der Waals surface area contributed by atoms with Gasteiger partial charge in [-0.25, -0.2) is 4.79 Å². The Hall–Kier alpha value is -1.99. The van der Waals surface area contributed by atoms with Gasteiger partial charge in [-0.3, -0.25) is 4.79 Å². The molecule has 4 N–H and O–H groups in total. The number of aliphatic hydroxyl groups is 1. The van der Waals surface area contributed by atoms with E-state index in [0.29, 0.717) is 24.5 Å². The normalized spacial score (nSPS) is 22.3. The lowest BCUT2D eigenvalue weighted by atomic mass is 10.0. The van der Waals surface area contributed by atoms with E-state index in [1.165, 1.54) is 17.7 Å². The quantitative estimate of drug-likeness (QED) is 0.678. The van der Waals surface area contributed by atoms with Crippen molar-refractivity contribution in [1.29, 1.82) is 0 Å². The number of benzene rings is 1. The second-order valence-corrected chi connectivity index (χ2v) is 7.72. The number of rotatable bonds is 6. The van der Waals surface area contributed by atoms with Gasteiger partial charge in [0.15, 0.2) is 0 Å². The zero-order valence-corrected chi connectivity index (χ0v) is 16.1. The molecule has 0 aliphatic carbocycles. The molecule has 2 atom stereocenters. The van der Waals surface area contributed by atoms with E-state index in [1.54, 1.807) is 0 Å². The summed E-state index contributed by atoms with van der Waals surface area (Å²) in [5.74, 6) is -0.756. The number of hydrogen-bond donors (Lipinski definition) is 3. The highest BCUT2D eigenvalue weighted by atomic mass is 35.5. The predicted octanol–water partition coefficient (Wildman–Crippen LogP) is 1.36. The molecule has 0 radical (unpaired) electrons. The van der Waals surface area contributed by atoms with Gasteiger partial charge in [0.1, 0.15) is 0 Å². The van der Waals surface area contributed by atoms with Gasteiger partial charge in [-0.15, -0.1) is 0 Å². The summed E-state index contributed by atoms with van der Waals surface area (Å²) >= 11 is 6.41. The maximum absolute atomic E-state index is 12.4. The van der Waals surface area contributed by atoms with E-state index in [4.69, 9.17) is 17.3 Å². The van der Waals surface area contributed by atoms with Crippen LogP contribution in [-0.4, -0.2) is 60.8 Å². The van der Waals surface area contributed by atoms with Gasteiger partial charge in [0, 0.05) is 55.8 Å². The fourth-order valence-corrected chi connectivity index (χ4v) is 4.20. The molecule has 0 spiro atoms. The Labute approximate surface area is 164 Å². The fraction of sp³-hybridized carbons (Fsp3) is 0.579. The lowest BCUT2D eigenvalue weighted by Crippen LogP contribution is -2.40. The largest absolute Gasteiger partial charge is 0.391 e. The molecule has 3 rings (SSSR count). The number of halogens is 1. The number of β-amino-alcohol motifs (C(OH)–C–C–N with tert-alkyl or cyclic N) is 1. The van der Waals surface area contributed by atoms with E-state index in [1.807, 2.05) is 12.1 Å². The van der Waals surface area contributed by atoms with Crippen LogP contribution in [0.1, 0.15) is 24.8 Å². The van der Waals surface area contributed by atoms with Crippen LogP contribution in [0.3, 0.4) is 0 Å². The number of nitrogens with zero attached hydrogens (tertiary/aromatic N) is 2. The Bertz CT molecular complexity index is 694. The van der Waals surface area contributed by atoms with Gasteiger partial charge in [-0.05, 0) is 37.0 Å². The molecule has 27 heavy (non-hydrogen) atoms. The van der Waals surface area contributed by atoms with Crippen molar-refractivity contribution in [3.8, 4) is 0 Å². The zero-order valence-electron chi connectivity index (χ0n) is 15.4. The third-order valence-electron chi connectivity index (χ3n) is 5.35. The molecule has 1 aromatic carbocycles. The molecule has 2 aliphatic rings. The van der Waals surface area contributed by atoms with Gasteiger partial charge in [0.05, 0.1) is 6.10 Å². The first-order valence-electron chi connectivity index (χ1n) is 9.47. The number of likely N-dealkylation sites (tertiary alicyclic amines) is 1. The monoisotopic (exact) mass is 394 g/mol. The van der Waals surface area contributed by atoms with E-state index in [-0.39, 0.29) is 24.9 Å². The van der Waals surface area contributed by atoms with E-state index in [0.717, 1.165) is 24.3 Å². The van der Waals surface area contributed by atoms with Gasteiger partial charge in [0.2, 0.25) is 5.91 Å². The minimum Gasteiger partial charge on any atom is -0.391 e. The molecule has 2 aliphatic heterocycles. The first-order chi connectivity index (χ1) is 13.0. The second kappa shape index (κ2) is 8.80. The fourth-order valence-electron chi connectivity index (χ4n) is 3.93. The molecule has 0 saturated carbocycles. The number of carbonyl (C=O) groups excluding carboxylic acids is 2. The minimum atomic E-state index is -0.714. The molecule has 148 valence electrons. The van der Waals surface area contributed by atoms with E-state index < -0.39 is 12.0 Å². The molecule has 0 aromatic heterocycles. The number of urea groups is 1. The number of nitrogens with one attached hydrogen (secondary N) is 1. The topological polar surface area (TPSA) is 98.9 Å². The molecule has 7 nitrogen and oxygen atoms in total. The van der Waals surface area contributed by atoms with Crippen LogP contribution in [0.2, 0.25) is 5.02 Å². The van der Waals surface area contributed by atoms with Crippen LogP contribution in [-0.2, 0) is 11.2 Å². The summed E-state index contributed by atoms with van der Waals surface area (Å²) in [5.41, 5.74) is 7.39. The molecule has 3 amide bonds. The van der Waals surface area contributed by atoms with Crippen LogP contribution >= 0.6 is 11.6 Å². The lowest BCUT2D eigenvalue weighted by molar-refractivity contribution is -0.119. The van der Waals surface area contributed by atoms with E-state index >= 15 is 0 Å². The molecule has 1 aromatic rings. The van der Waals surface area contributed by atoms with Gasteiger partial charge in [-0.1, -0.05) is 17.7 Å². The Balaban J connectivity index is 1.54. The second-order valence-electron chi connectivity index (χ2n) is 7.32. The number of amides is 3. The summed E-state index contributed by atoms with van der Waals surface area (Å²) in [4.78, 5) is 27.3. The first kappa shape index (κ1) is 19.8. The summed E-state index contributed by atoms with van der Waals surface area (Å²) in [6.45, 7) is 3.08. The van der Waals surface area contributed by atoms with Gasteiger partial charge in [-0.2, -0.15) is 0 Å². The van der Waals surface area contributed by atoms with Crippen LogP contribution in [0, 0.1) is 5.92 Å². The average Bonchev–Trinajstić information content (AvgIpc) is 3.26. The standard InChI is InChI=1S/C19H27ClN4O3/c20-15-4-3-5-16(23-8-1-2-9-23)14(15)6-7-22-19(27)24-11-13(10-18(21)26)17(25)12-24/h3-5,13,17,25H,1-2,6-12H2,(H2,21,26)(H,22,27)/t13-,17-/m1/s1. The van der Waals surface area contributed by atoms with E-state index in [9.17, 15) is 14.7 Å². The predicted molar refractivity (Wildman–Crippen MR) is 105 cm³/mol. The van der Waals surface area contributed by atoms with Crippen molar-refractivity contribution in [1.82, 2.24) is 10.2 Å². The molecule has 0 unspecified atom stereocenters. The van der Waals surface area contributed by atoms with Crippen molar-refractivity contribution in [2.75, 3.05) is 37.6 Å². The van der Waals surface area contributed by atoms with Crippen molar-refractivity contribution in [3.63, 3.8) is 0 Å². The highest BCUT2D eigenvalue weighted by molar-refractivity contribution is 6.31. The Morgan fingerprint density at radius 2 is 2.00 bits per heavy atom. The van der Waals surface area contributed by atoms with Crippen molar-refractivity contribution in [2.24, 2.45) is 11.7 Å². The van der Waals surface area contributed by atoms with Crippen LogP contribution in [0.5, 0.6) is 0 Å². The molecule has 0 bridgehead atoms. The molecule has 8 heteroatoms. The first-order valence-corrected chi connectivity index (χ1v) is 9.85. The Kier molecular flexibility index (Phi) is 6.44. The van der Waals surface area contributed by atoms with Gasteiger partial charge in [0.25, 0.3) is 0 Å². The van der Waals surface area contributed by atoms with Crippen LogP contribution in [0.25, 0.3) is 0 Å². The molecule has 2 saturated heterocycles. The average molecular weight is 395 g/mol. The summed E-state index contributed by atoms with van der Waals surface area (Å²) in [6.07, 6.45) is 2.38. The van der Waals surface area contributed by atoms with Crippen LogP contribution in [0.15, 0.2) is 18.2 Å². The minimum absolute atomic E-state index is 0.0871. The summed E-state index contributed by atoms with van der Waals surface area (Å²) in [5, 5.41) is 13.6. The Morgan fingerprint density at radius 1 is 1.26 bits per heavy atom. The van der Waals surface area contributed by atoms with Gasteiger partial charge < -0.3 is 26.0 Å². The van der Waals surface area contributed by atoms with Crippen molar-refractivity contribution in [3.05, 3.63) is 28.8 Å². The molecule has 2 heterocycles. The summed E-state index contributed by atoms with van der Waals surface area (Å²) < 4.78 is 0. The van der Waals surface area contributed by atoms with Crippen molar-refractivity contribution in [2.45, 2.75) is 31.8 Å². The number of aliphatic hydroxyl groups excluding tert-OH is 1. The maximum Gasteiger partial charge on any atom is 0.317 e. The van der Waals surface area contributed by atoms with Crippen LogP contribution in [0.4, 0.5) is 10.5 Å². The lowest BCUT2D eigenvalue weighted by Gasteiger charge is -2.23. The van der Waals surface area contributed by atoms with Gasteiger partial charge >= 0.3 is 6.03 Å². The third-order valence-corrected chi connectivity index (χ3v) is 5.70. The number of primary amides is 1. The highest BCUT2D eigenvalue weighted by Gasteiger charge is 2.34. The highest BCUT2D eigenvalue weighted by Crippen LogP contribution is 2.30. The van der Waals surface area contributed by atoms with Crippen LogP contribution < -0.4 is 16.0 Å². The number of nitrogens with two attached hydrogens (primary N) is 1. The summed E-state index contributed by atoms with van der Waals surface area (Å²) in [7, 11) is 0. The van der Waals surface area contributed by atoms with E-state index in [2.05, 4.69) is 16.3 Å². The number of anilines is 1. The molecular weight excluding hydrogens is 368 g/mol. The number of hydrogen-bond acceptors (Lipinski definition) is 4. The SMILES string of the molecule is NC(=O)C[C@@H]1CN(C(=O)NCCc2c(Cl)cccc2N2CCCC2)C[C@H]1O. The summed E-state index contributed by atoms with van der Waals surface area (Å²) in [6, 6.07) is 5.68.